The fraction of sp³-hybridized carbons (Fsp3) is 1.00. The monoisotopic (exact) mass is 254 g/mol. The lowest BCUT2D eigenvalue weighted by Crippen LogP contribution is -2.63. The van der Waals surface area contributed by atoms with Gasteiger partial charge in [0.2, 0.25) is 0 Å². The Kier molecular flexibility index (Phi) is 5.05. The number of rotatable bonds is 7. The molecule has 0 saturated heterocycles. The SMILES string of the molecule is CCCCN(C1CC1)C1(CN)CCCCC1OC. The minimum atomic E-state index is 0.128. The first-order chi connectivity index (χ1) is 8.78. The maximum atomic E-state index is 6.22. The predicted octanol–water partition coefficient (Wildman–Crippen LogP) is 2.54. The van der Waals surface area contributed by atoms with E-state index in [0.717, 1.165) is 12.6 Å². The molecule has 2 aliphatic rings. The molecule has 106 valence electrons. The lowest BCUT2D eigenvalue weighted by Gasteiger charge is -2.50. The van der Waals surface area contributed by atoms with Crippen LogP contribution in [0, 0.1) is 0 Å². The summed E-state index contributed by atoms with van der Waals surface area (Å²) in [6.07, 6.45) is 10.6. The fourth-order valence-electron chi connectivity index (χ4n) is 3.69. The van der Waals surface area contributed by atoms with Crippen molar-refractivity contribution in [3.63, 3.8) is 0 Å². The van der Waals surface area contributed by atoms with Gasteiger partial charge in [-0.2, -0.15) is 0 Å². The maximum Gasteiger partial charge on any atom is 0.0767 e. The highest BCUT2D eigenvalue weighted by Crippen LogP contribution is 2.41. The third-order valence-electron chi connectivity index (χ3n) is 4.88. The zero-order chi connectivity index (χ0) is 13.0. The van der Waals surface area contributed by atoms with Crippen LogP contribution in [0.3, 0.4) is 0 Å². The predicted molar refractivity (Wildman–Crippen MR) is 75.7 cm³/mol. The zero-order valence-electron chi connectivity index (χ0n) is 12.2. The highest BCUT2D eigenvalue weighted by Gasteiger charge is 2.49. The Morgan fingerprint density at radius 2 is 2.06 bits per heavy atom. The van der Waals surface area contributed by atoms with Crippen LogP contribution < -0.4 is 5.73 Å². The van der Waals surface area contributed by atoms with Gasteiger partial charge in [-0.1, -0.05) is 26.2 Å². The van der Waals surface area contributed by atoms with E-state index in [4.69, 9.17) is 10.5 Å². The number of ether oxygens (including phenoxy) is 1. The van der Waals surface area contributed by atoms with Gasteiger partial charge in [-0.25, -0.2) is 0 Å². The van der Waals surface area contributed by atoms with Crippen molar-refractivity contribution in [2.75, 3.05) is 20.2 Å². The third kappa shape index (κ3) is 2.73. The summed E-state index contributed by atoms with van der Waals surface area (Å²) in [7, 11) is 1.87. The second-order valence-electron chi connectivity index (χ2n) is 6.06. The average Bonchev–Trinajstić information content (AvgIpc) is 3.24. The molecule has 2 unspecified atom stereocenters. The van der Waals surface area contributed by atoms with Gasteiger partial charge in [0.05, 0.1) is 11.6 Å². The van der Waals surface area contributed by atoms with Gasteiger partial charge >= 0.3 is 0 Å². The normalized spacial score (nSPS) is 33.0. The van der Waals surface area contributed by atoms with Crippen molar-refractivity contribution in [1.82, 2.24) is 4.90 Å². The van der Waals surface area contributed by atoms with Crippen molar-refractivity contribution in [3.8, 4) is 0 Å². The van der Waals surface area contributed by atoms with Crippen molar-refractivity contribution >= 4 is 0 Å². The molecule has 0 bridgehead atoms. The molecule has 0 aromatic heterocycles. The van der Waals surface area contributed by atoms with Crippen LogP contribution in [0.25, 0.3) is 0 Å². The van der Waals surface area contributed by atoms with Crippen LogP contribution in [0.5, 0.6) is 0 Å². The van der Waals surface area contributed by atoms with E-state index in [-0.39, 0.29) is 5.54 Å². The molecule has 0 aromatic carbocycles. The molecule has 0 heterocycles. The van der Waals surface area contributed by atoms with Crippen molar-refractivity contribution in [2.24, 2.45) is 5.73 Å². The summed E-state index contributed by atoms with van der Waals surface area (Å²) in [5.41, 5.74) is 6.35. The Bertz CT molecular complexity index is 255. The van der Waals surface area contributed by atoms with Gasteiger partial charge in [0.1, 0.15) is 0 Å². The smallest absolute Gasteiger partial charge is 0.0767 e. The molecule has 2 fully saturated rings. The van der Waals surface area contributed by atoms with Gasteiger partial charge in [-0.15, -0.1) is 0 Å². The molecule has 2 N–H and O–H groups in total. The summed E-state index contributed by atoms with van der Waals surface area (Å²) in [6, 6.07) is 0.788. The van der Waals surface area contributed by atoms with Crippen molar-refractivity contribution < 1.29 is 4.74 Å². The Morgan fingerprint density at radius 1 is 1.28 bits per heavy atom. The maximum absolute atomic E-state index is 6.22. The largest absolute Gasteiger partial charge is 0.379 e. The number of nitrogens with zero attached hydrogens (tertiary/aromatic N) is 1. The summed E-state index contributed by atoms with van der Waals surface area (Å²) in [6.45, 7) is 4.23. The first-order valence-corrected chi connectivity index (χ1v) is 7.78. The van der Waals surface area contributed by atoms with Crippen LogP contribution in [0.15, 0.2) is 0 Å². The zero-order valence-corrected chi connectivity index (χ0v) is 12.2. The van der Waals surface area contributed by atoms with Gasteiger partial charge in [0.15, 0.2) is 0 Å². The Labute approximate surface area is 112 Å². The van der Waals surface area contributed by atoms with Gasteiger partial charge in [0, 0.05) is 19.7 Å². The summed E-state index contributed by atoms with van der Waals surface area (Å²) in [4.78, 5) is 2.73. The molecule has 2 rings (SSSR count). The highest BCUT2D eigenvalue weighted by molar-refractivity contribution is 5.05. The van der Waals surface area contributed by atoms with Gasteiger partial charge in [0.25, 0.3) is 0 Å². The van der Waals surface area contributed by atoms with E-state index in [2.05, 4.69) is 11.8 Å². The van der Waals surface area contributed by atoms with Crippen LogP contribution in [0.4, 0.5) is 0 Å². The summed E-state index contributed by atoms with van der Waals surface area (Å²) in [5.74, 6) is 0. The molecule has 0 aliphatic heterocycles. The lowest BCUT2D eigenvalue weighted by atomic mass is 9.77. The second-order valence-corrected chi connectivity index (χ2v) is 6.06. The topological polar surface area (TPSA) is 38.5 Å². The summed E-state index contributed by atoms with van der Waals surface area (Å²) < 4.78 is 5.82. The second kappa shape index (κ2) is 6.36. The van der Waals surface area contributed by atoms with E-state index in [9.17, 15) is 0 Å². The van der Waals surface area contributed by atoms with Gasteiger partial charge in [-0.3, -0.25) is 4.90 Å². The van der Waals surface area contributed by atoms with E-state index in [1.807, 2.05) is 7.11 Å². The molecule has 0 spiro atoms. The molecule has 2 saturated carbocycles. The molecule has 2 atom stereocenters. The summed E-state index contributed by atoms with van der Waals surface area (Å²) >= 11 is 0. The minimum absolute atomic E-state index is 0.128. The first kappa shape index (κ1) is 14.3. The Morgan fingerprint density at radius 3 is 2.61 bits per heavy atom. The van der Waals surface area contributed by atoms with E-state index in [0.29, 0.717) is 6.10 Å². The van der Waals surface area contributed by atoms with E-state index >= 15 is 0 Å². The summed E-state index contributed by atoms with van der Waals surface area (Å²) in [5, 5.41) is 0. The molecular formula is C15H30N2O. The third-order valence-corrected chi connectivity index (χ3v) is 4.88. The van der Waals surface area contributed by atoms with Crippen LogP contribution >= 0.6 is 0 Å². The van der Waals surface area contributed by atoms with Crippen LogP contribution in [0.1, 0.15) is 58.3 Å². The molecule has 2 aliphatic carbocycles. The quantitative estimate of drug-likeness (QED) is 0.759. The molecule has 3 heteroatoms. The molecular weight excluding hydrogens is 224 g/mol. The number of unbranched alkanes of at least 4 members (excludes halogenated alkanes) is 1. The molecule has 0 aromatic rings. The van der Waals surface area contributed by atoms with E-state index < -0.39 is 0 Å². The van der Waals surface area contributed by atoms with Crippen molar-refractivity contribution in [2.45, 2.75) is 76.0 Å². The molecule has 0 radical (unpaired) electrons. The Hall–Kier alpha value is -0.120. The van der Waals surface area contributed by atoms with E-state index in [1.54, 1.807) is 0 Å². The fourth-order valence-corrected chi connectivity index (χ4v) is 3.69. The molecule has 3 nitrogen and oxygen atoms in total. The first-order valence-electron chi connectivity index (χ1n) is 7.78. The van der Waals surface area contributed by atoms with E-state index in [1.165, 1.54) is 57.9 Å². The number of nitrogens with two attached hydrogens (primary N) is 1. The average molecular weight is 254 g/mol. The minimum Gasteiger partial charge on any atom is -0.379 e. The number of hydrogen-bond acceptors (Lipinski definition) is 3. The van der Waals surface area contributed by atoms with Gasteiger partial charge in [-0.05, 0) is 38.6 Å². The van der Waals surface area contributed by atoms with Crippen LogP contribution in [-0.4, -0.2) is 42.8 Å². The number of methoxy groups -OCH3 is 1. The van der Waals surface area contributed by atoms with Crippen LogP contribution in [0.2, 0.25) is 0 Å². The van der Waals surface area contributed by atoms with Crippen molar-refractivity contribution in [3.05, 3.63) is 0 Å². The molecule has 0 amide bonds. The highest BCUT2D eigenvalue weighted by atomic mass is 16.5. The van der Waals surface area contributed by atoms with Crippen molar-refractivity contribution in [1.29, 1.82) is 0 Å². The lowest BCUT2D eigenvalue weighted by molar-refractivity contribution is -0.0796. The molecule has 18 heavy (non-hydrogen) atoms. The van der Waals surface area contributed by atoms with Crippen LogP contribution in [-0.2, 0) is 4.74 Å². The Balaban J connectivity index is 2.14. The van der Waals surface area contributed by atoms with Gasteiger partial charge < -0.3 is 10.5 Å². The standard InChI is InChI=1S/C15H30N2O/c1-3-4-11-17(13-8-9-13)15(12-16)10-6-5-7-14(15)18-2/h13-14H,3-12,16H2,1-2H3. The number of hydrogen-bond donors (Lipinski definition) is 1.